The van der Waals surface area contributed by atoms with Gasteiger partial charge in [0.25, 0.3) is 0 Å². The van der Waals surface area contributed by atoms with E-state index in [2.05, 4.69) is 6.92 Å². The zero-order valence-corrected chi connectivity index (χ0v) is 12.0. The van der Waals surface area contributed by atoms with Gasteiger partial charge in [-0.15, -0.1) is 0 Å². The maximum Gasteiger partial charge on any atom is 0.225 e. The number of rotatable bonds is 4. The summed E-state index contributed by atoms with van der Waals surface area (Å²) in [6, 6.07) is 0. The van der Waals surface area contributed by atoms with Crippen molar-refractivity contribution in [1.29, 1.82) is 0 Å². The largest absolute Gasteiger partial charge is 0.391 e. The first kappa shape index (κ1) is 13.7. The Bertz CT molecular complexity index is 351. The number of nitrogens with zero attached hydrogens (tertiary/aromatic N) is 1. The molecule has 1 saturated heterocycles. The summed E-state index contributed by atoms with van der Waals surface area (Å²) in [5.74, 6) is 1.12. The Labute approximate surface area is 114 Å². The van der Waals surface area contributed by atoms with Crippen LogP contribution in [0.15, 0.2) is 0 Å². The fraction of sp³-hybridized carbons (Fsp3) is 0.846. The van der Waals surface area contributed by atoms with Gasteiger partial charge in [0.1, 0.15) is 10.6 Å². The molecule has 0 radical (unpaired) electrons. The average Bonchev–Trinajstić information content (AvgIpc) is 3.06. The molecule has 0 bridgehead atoms. The number of carbonyl (C=O) groups excluding carboxylic acids is 1. The van der Waals surface area contributed by atoms with E-state index in [0.717, 1.165) is 19.3 Å². The lowest BCUT2D eigenvalue weighted by atomic mass is 9.90. The van der Waals surface area contributed by atoms with E-state index in [0.29, 0.717) is 36.5 Å². The van der Waals surface area contributed by atoms with Crippen molar-refractivity contribution in [3.63, 3.8) is 0 Å². The van der Waals surface area contributed by atoms with Crippen LogP contribution in [-0.4, -0.2) is 41.1 Å². The smallest absolute Gasteiger partial charge is 0.225 e. The SMILES string of the molecule is CCOC1(C(N)=S)CCN(C(=O)C2CC2C)CC1. The number of piperidine rings is 1. The van der Waals surface area contributed by atoms with Crippen LogP contribution in [-0.2, 0) is 9.53 Å². The van der Waals surface area contributed by atoms with E-state index in [-0.39, 0.29) is 5.92 Å². The molecule has 2 rings (SSSR count). The van der Waals surface area contributed by atoms with Crippen molar-refractivity contribution in [2.45, 2.75) is 38.7 Å². The first-order chi connectivity index (χ1) is 8.50. The van der Waals surface area contributed by atoms with Gasteiger partial charge in [-0.25, -0.2) is 0 Å². The van der Waals surface area contributed by atoms with Crippen molar-refractivity contribution in [3.05, 3.63) is 0 Å². The fourth-order valence-corrected chi connectivity index (χ4v) is 2.99. The molecule has 1 heterocycles. The van der Waals surface area contributed by atoms with Gasteiger partial charge in [0.05, 0.1) is 0 Å². The summed E-state index contributed by atoms with van der Waals surface area (Å²) in [5, 5.41) is 0. The van der Waals surface area contributed by atoms with E-state index in [1.807, 2.05) is 11.8 Å². The molecule has 1 amide bonds. The topological polar surface area (TPSA) is 55.6 Å². The summed E-state index contributed by atoms with van der Waals surface area (Å²) in [6.45, 7) is 6.10. The molecule has 2 atom stereocenters. The van der Waals surface area contributed by atoms with Gasteiger partial charge in [-0.2, -0.15) is 0 Å². The molecule has 1 saturated carbocycles. The summed E-state index contributed by atoms with van der Waals surface area (Å²) in [4.78, 5) is 14.5. The van der Waals surface area contributed by atoms with E-state index in [1.54, 1.807) is 0 Å². The number of likely N-dealkylation sites (tertiary alicyclic amines) is 1. The van der Waals surface area contributed by atoms with Gasteiger partial charge in [-0.1, -0.05) is 19.1 Å². The third-order valence-electron chi connectivity index (χ3n) is 4.18. The normalized spacial score (nSPS) is 30.0. The highest BCUT2D eigenvalue weighted by atomic mass is 32.1. The zero-order valence-electron chi connectivity index (χ0n) is 11.1. The molecule has 4 nitrogen and oxygen atoms in total. The lowest BCUT2D eigenvalue weighted by Crippen LogP contribution is -2.54. The minimum absolute atomic E-state index is 0.259. The number of carbonyl (C=O) groups is 1. The quantitative estimate of drug-likeness (QED) is 0.783. The van der Waals surface area contributed by atoms with Crippen LogP contribution < -0.4 is 5.73 Å². The third-order valence-corrected chi connectivity index (χ3v) is 4.55. The second kappa shape index (κ2) is 5.13. The molecule has 0 aromatic carbocycles. The van der Waals surface area contributed by atoms with Gasteiger partial charge in [-0.05, 0) is 19.3 Å². The zero-order chi connectivity index (χ0) is 13.3. The van der Waals surface area contributed by atoms with Gasteiger partial charge in [0, 0.05) is 38.5 Å². The molecule has 0 spiro atoms. The molecule has 102 valence electrons. The maximum atomic E-state index is 12.1. The number of nitrogens with two attached hydrogens (primary N) is 1. The van der Waals surface area contributed by atoms with E-state index >= 15 is 0 Å². The van der Waals surface area contributed by atoms with Crippen molar-refractivity contribution in [3.8, 4) is 0 Å². The summed E-state index contributed by atoms with van der Waals surface area (Å²) >= 11 is 5.13. The molecule has 2 N–H and O–H groups in total. The lowest BCUT2D eigenvalue weighted by Gasteiger charge is -2.40. The van der Waals surface area contributed by atoms with Crippen LogP contribution in [0.2, 0.25) is 0 Å². The van der Waals surface area contributed by atoms with E-state index in [4.69, 9.17) is 22.7 Å². The first-order valence-corrected chi connectivity index (χ1v) is 7.13. The number of hydrogen-bond acceptors (Lipinski definition) is 3. The summed E-state index contributed by atoms with van der Waals surface area (Å²) in [6.07, 6.45) is 2.49. The van der Waals surface area contributed by atoms with Crippen LogP contribution in [0.4, 0.5) is 0 Å². The maximum absolute atomic E-state index is 12.1. The van der Waals surface area contributed by atoms with Crippen LogP contribution >= 0.6 is 12.2 Å². The molecule has 0 aromatic rings. The Balaban J connectivity index is 1.93. The number of ether oxygens (including phenoxy) is 1. The minimum Gasteiger partial charge on any atom is -0.391 e. The predicted molar refractivity (Wildman–Crippen MR) is 74.2 cm³/mol. The molecule has 0 aromatic heterocycles. The highest BCUT2D eigenvalue weighted by molar-refractivity contribution is 7.80. The lowest BCUT2D eigenvalue weighted by molar-refractivity contribution is -0.136. The highest BCUT2D eigenvalue weighted by Crippen LogP contribution is 2.40. The molecule has 1 aliphatic carbocycles. The summed E-state index contributed by atoms with van der Waals surface area (Å²) < 4.78 is 5.75. The summed E-state index contributed by atoms with van der Waals surface area (Å²) in [7, 11) is 0. The third kappa shape index (κ3) is 2.52. The predicted octanol–water partition coefficient (Wildman–Crippen LogP) is 1.33. The van der Waals surface area contributed by atoms with E-state index < -0.39 is 5.60 Å². The van der Waals surface area contributed by atoms with Crippen molar-refractivity contribution in [1.82, 2.24) is 4.90 Å². The van der Waals surface area contributed by atoms with E-state index in [1.165, 1.54) is 0 Å². The highest BCUT2D eigenvalue weighted by Gasteiger charge is 2.45. The average molecular weight is 270 g/mol. The minimum atomic E-state index is -0.490. The van der Waals surface area contributed by atoms with Crippen molar-refractivity contribution < 1.29 is 9.53 Å². The molecular weight excluding hydrogens is 248 g/mol. The van der Waals surface area contributed by atoms with E-state index in [9.17, 15) is 4.79 Å². The van der Waals surface area contributed by atoms with Gasteiger partial charge < -0.3 is 15.4 Å². The Morgan fingerprint density at radius 1 is 1.50 bits per heavy atom. The second-order valence-electron chi connectivity index (χ2n) is 5.44. The Kier molecular flexibility index (Phi) is 3.92. The van der Waals surface area contributed by atoms with Crippen LogP contribution in [0.5, 0.6) is 0 Å². The number of hydrogen-bond donors (Lipinski definition) is 1. The Morgan fingerprint density at radius 3 is 2.44 bits per heavy atom. The van der Waals surface area contributed by atoms with Gasteiger partial charge >= 0.3 is 0 Å². The van der Waals surface area contributed by atoms with Gasteiger partial charge in [0.15, 0.2) is 0 Å². The van der Waals surface area contributed by atoms with Crippen LogP contribution in [0.1, 0.15) is 33.1 Å². The monoisotopic (exact) mass is 270 g/mol. The molecule has 1 aliphatic heterocycles. The molecular formula is C13H22N2O2S. The van der Waals surface area contributed by atoms with Crippen molar-refractivity contribution in [2.24, 2.45) is 17.6 Å². The van der Waals surface area contributed by atoms with Crippen LogP contribution in [0.25, 0.3) is 0 Å². The molecule has 5 heteroatoms. The number of thiocarbonyl (C=S) groups is 1. The molecule has 2 fully saturated rings. The fourth-order valence-electron chi connectivity index (χ4n) is 2.73. The van der Waals surface area contributed by atoms with Crippen molar-refractivity contribution in [2.75, 3.05) is 19.7 Å². The van der Waals surface area contributed by atoms with Crippen molar-refractivity contribution >= 4 is 23.1 Å². The Hall–Kier alpha value is -0.680. The second-order valence-corrected chi connectivity index (χ2v) is 5.88. The molecule has 18 heavy (non-hydrogen) atoms. The van der Waals surface area contributed by atoms with Gasteiger partial charge in [-0.3, -0.25) is 4.79 Å². The summed E-state index contributed by atoms with van der Waals surface area (Å²) in [5.41, 5.74) is 5.32. The number of amides is 1. The van der Waals surface area contributed by atoms with Gasteiger partial charge in [0.2, 0.25) is 5.91 Å². The van der Waals surface area contributed by atoms with Crippen LogP contribution in [0, 0.1) is 11.8 Å². The molecule has 2 aliphatic rings. The molecule has 2 unspecified atom stereocenters. The standard InChI is InChI=1S/C13H22N2O2S/c1-3-17-13(12(14)18)4-6-15(7-5-13)11(16)10-8-9(10)2/h9-10H,3-8H2,1-2H3,(H2,14,18). The van der Waals surface area contributed by atoms with Crippen LogP contribution in [0.3, 0.4) is 0 Å². The Morgan fingerprint density at radius 2 is 2.06 bits per heavy atom. The first-order valence-electron chi connectivity index (χ1n) is 6.73.